The number of benzene rings is 1. The van der Waals surface area contributed by atoms with Crippen molar-refractivity contribution in [2.24, 2.45) is 0 Å². The molecule has 0 aliphatic carbocycles. The first-order valence-electron chi connectivity index (χ1n) is 5.59. The zero-order valence-electron chi connectivity index (χ0n) is 9.94. The Labute approximate surface area is 101 Å². The van der Waals surface area contributed by atoms with Gasteiger partial charge in [0.1, 0.15) is 5.82 Å². The third-order valence-corrected chi connectivity index (χ3v) is 2.90. The molecule has 0 aliphatic heterocycles. The summed E-state index contributed by atoms with van der Waals surface area (Å²) in [5.41, 5.74) is 2.46. The Bertz CT molecular complexity index is 497. The number of aromatic nitrogens is 1. The molecule has 3 heteroatoms. The number of halogens is 1. The standard InChI is InChI=1S/C14H15FN2/c1-10(16-2)11-5-6-14(15)13(8-11)12-4-3-7-17-9-12/h3-10,16H,1-2H3. The molecule has 17 heavy (non-hydrogen) atoms. The molecule has 0 saturated carbocycles. The van der Waals surface area contributed by atoms with E-state index >= 15 is 0 Å². The van der Waals surface area contributed by atoms with E-state index in [1.54, 1.807) is 18.5 Å². The van der Waals surface area contributed by atoms with Crippen LogP contribution in [0.3, 0.4) is 0 Å². The molecule has 2 rings (SSSR count). The molecule has 2 nitrogen and oxygen atoms in total. The van der Waals surface area contributed by atoms with Crippen molar-refractivity contribution in [1.29, 1.82) is 0 Å². The SMILES string of the molecule is CNC(C)c1ccc(F)c(-c2cccnc2)c1. The molecule has 0 amide bonds. The Morgan fingerprint density at radius 1 is 1.29 bits per heavy atom. The largest absolute Gasteiger partial charge is 0.313 e. The van der Waals surface area contributed by atoms with Gasteiger partial charge in [0.25, 0.3) is 0 Å². The zero-order valence-corrected chi connectivity index (χ0v) is 9.94. The van der Waals surface area contributed by atoms with Gasteiger partial charge < -0.3 is 5.32 Å². The molecule has 0 fully saturated rings. The van der Waals surface area contributed by atoms with E-state index in [9.17, 15) is 4.39 Å². The van der Waals surface area contributed by atoms with E-state index in [1.807, 2.05) is 32.2 Å². The molecule has 1 unspecified atom stereocenters. The zero-order chi connectivity index (χ0) is 12.3. The molecule has 0 saturated heterocycles. The van der Waals surface area contributed by atoms with E-state index in [2.05, 4.69) is 10.3 Å². The Morgan fingerprint density at radius 3 is 2.76 bits per heavy atom. The Balaban J connectivity index is 2.47. The van der Waals surface area contributed by atoms with E-state index in [0.29, 0.717) is 5.56 Å². The molecule has 0 spiro atoms. The normalized spacial score (nSPS) is 12.4. The first kappa shape index (κ1) is 11.7. The van der Waals surface area contributed by atoms with Gasteiger partial charge in [0.05, 0.1) is 0 Å². The smallest absolute Gasteiger partial charge is 0.131 e. The first-order chi connectivity index (χ1) is 8.22. The van der Waals surface area contributed by atoms with Gasteiger partial charge in [-0.05, 0) is 37.7 Å². The average Bonchev–Trinajstić information content (AvgIpc) is 2.39. The van der Waals surface area contributed by atoms with Crippen LogP contribution >= 0.6 is 0 Å². The summed E-state index contributed by atoms with van der Waals surface area (Å²) in [6.45, 7) is 2.04. The lowest BCUT2D eigenvalue weighted by molar-refractivity contribution is 0.622. The number of nitrogens with zero attached hydrogens (tertiary/aromatic N) is 1. The van der Waals surface area contributed by atoms with Gasteiger partial charge in [0.15, 0.2) is 0 Å². The van der Waals surface area contributed by atoms with Crippen LogP contribution in [-0.2, 0) is 0 Å². The molecular weight excluding hydrogens is 215 g/mol. The minimum Gasteiger partial charge on any atom is -0.313 e. The third kappa shape index (κ3) is 2.50. The van der Waals surface area contributed by atoms with Crippen LogP contribution in [0.2, 0.25) is 0 Å². The van der Waals surface area contributed by atoms with E-state index < -0.39 is 0 Å². The van der Waals surface area contributed by atoms with Crippen LogP contribution < -0.4 is 5.32 Å². The van der Waals surface area contributed by atoms with Crippen molar-refractivity contribution in [3.8, 4) is 11.1 Å². The van der Waals surface area contributed by atoms with Crippen LogP contribution in [0.1, 0.15) is 18.5 Å². The van der Waals surface area contributed by atoms with Crippen LogP contribution in [0.4, 0.5) is 4.39 Å². The molecule has 1 heterocycles. The van der Waals surface area contributed by atoms with E-state index in [4.69, 9.17) is 0 Å². The summed E-state index contributed by atoms with van der Waals surface area (Å²) in [5, 5.41) is 3.14. The highest BCUT2D eigenvalue weighted by atomic mass is 19.1. The molecule has 1 N–H and O–H groups in total. The van der Waals surface area contributed by atoms with Gasteiger partial charge in [0, 0.05) is 29.6 Å². The maximum atomic E-state index is 13.8. The molecular formula is C14H15FN2. The van der Waals surface area contributed by atoms with Crippen LogP contribution in [0.25, 0.3) is 11.1 Å². The molecule has 2 aromatic rings. The highest BCUT2D eigenvalue weighted by Gasteiger charge is 2.09. The molecule has 1 atom stereocenters. The second-order valence-electron chi connectivity index (χ2n) is 3.99. The maximum absolute atomic E-state index is 13.8. The second kappa shape index (κ2) is 5.06. The lowest BCUT2D eigenvalue weighted by Gasteiger charge is -2.12. The summed E-state index contributed by atoms with van der Waals surface area (Å²) in [6.07, 6.45) is 3.35. The van der Waals surface area contributed by atoms with Crippen molar-refractivity contribution in [3.05, 3.63) is 54.1 Å². The van der Waals surface area contributed by atoms with Crippen molar-refractivity contribution in [2.45, 2.75) is 13.0 Å². The minimum atomic E-state index is -0.218. The maximum Gasteiger partial charge on any atom is 0.131 e. The fourth-order valence-electron chi connectivity index (χ4n) is 1.72. The number of hydrogen-bond acceptors (Lipinski definition) is 2. The highest BCUT2D eigenvalue weighted by molar-refractivity contribution is 5.64. The van der Waals surface area contributed by atoms with Gasteiger partial charge >= 0.3 is 0 Å². The van der Waals surface area contributed by atoms with Crippen molar-refractivity contribution >= 4 is 0 Å². The first-order valence-corrected chi connectivity index (χ1v) is 5.59. The predicted molar refractivity (Wildman–Crippen MR) is 67.1 cm³/mol. The Hall–Kier alpha value is -1.74. The minimum absolute atomic E-state index is 0.200. The summed E-state index contributed by atoms with van der Waals surface area (Å²) in [6, 6.07) is 9.04. The molecule has 88 valence electrons. The van der Waals surface area contributed by atoms with Gasteiger partial charge in [-0.1, -0.05) is 12.1 Å². The quantitative estimate of drug-likeness (QED) is 0.876. The Morgan fingerprint density at radius 2 is 2.12 bits per heavy atom. The second-order valence-corrected chi connectivity index (χ2v) is 3.99. The number of hydrogen-bond donors (Lipinski definition) is 1. The summed E-state index contributed by atoms with van der Waals surface area (Å²) in [7, 11) is 1.89. The molecule has 0 aliphatic rings. The number of nitrogens with one attached hydrogen (secondary N) is 1. The van der Waals surface area contributed by atoms with Crippen molar-refractivity contribution in [3.63, 3.8) is 0 Å². The summed E-state index contributed by atoms with van der Waals surface area (Å²) >= 11 is 0. The summed E-state index contributed by atoms with van der Waals surface area (Å²) < 4.78 is 13.8. The fraction of sp³-hybridized carbons (Fsp3) is 0.214. The highest BCUT2D eigenvalue weighted by Crippen LogP contribution is 2.25. The lowest BCUT2D eigenvalue weighted by atomic mass is 10.0. The molecule has 0 bridgehead atoms. The monoisotopic (exact) mass is 230 g/mol. The Kier molecular flexibility index (Phi) is 3.49. The topological polar surface area (TPSA) is 24.9 Å². The molecule has 0 radical (unpaired) electrons. The number of rotatable bonds is 3. The molecule has 1 aromatic carbocycles. The van der Waals surface area contributed by atoms with Crippen LogP contribution in [0.15, 0.2) is 42.7 Å². The van der Waals surface area contributed by atoms with Crippen LogP contribution in [0.5, 0.6) is 0 Å². The predicted octanol–water partition coefficient (Wildman–Crippen LogP) is 3.17. The average molecular weight is 230 g/mol. The van der Waals surface area contributed by atoms with Crippen molar-refractivity contribution < 1.29 is 4.39 Å². The van der Waals surface area contributed by atoms with E-state index in [1.165, 1.54) is 6.07 Å². The summed E-state index contributed by atoms with van der Waals surface area (Å²) in [4.78, 5) is 4.01. The summed E-state index contributed by atoms with van der Waals surface area (Å²) in [5.74, 6) is -0.218. The fourth-order valence-corrected chi connectivity index (χ4v) is 1.72. The van der Waals surface area contributed by atoms with Crippen molar-refractivity contribution in [2.75, 3.05) is 7.05 Å². The third-order valence-electron chi connectivity index (χ3n) is 2.90. The van der Waals surface area contributed by atoms with Crippen LogP contribution in [0, 0.1) is 5.82 Å². The molecule has 1 aromatic heterocycles. The number of pyridine rings is 1. The van der Waals surface area contributed by atoms with E-state index in [-0.39, 0.29) is 11.9 Å². The van der Waals surface area contributed by atoms with Gasteiger partial charge in [0.2, 0.25) is 0 Å². The van der Waals surface area contributed by atoms with Gasteiger partial charge in [-0.15, -0.1) is 0 Å². The lowest BCUT2D eigenvalue weighted by Crippen LogP contribution is -2.12. The van der Waals surface area contributed by atoms with Crippen molar-refractivity contribution in [1.82, 2.24) is 10.3 Å². The van der Waals surface area contributed by atoms with Gasteiger partial charge in [-0.25, -0.2) is 4.39 Å². The van der Waals surface area contributed by atoms with Gasteiger partial charge in [-0.3, -0.25) is 4.98 Å². The van der Waals surface area contributed by atoms with Gasteiger partial charge in [-0.2, -0.15) is 0 Å². The van der Waals surface area contributed by atoms with E-state index in [0.717, 1.165) is 11.1 Å². The van der Waals surface area contributed by atoms with Crippen LogP contribution in [-0.4, -0.2) is 12.0 Å².